The lowest BCUT2D eigenvalue weighted by atomic mass is 9.97. The third kappa shape index (κ3) is 4.48. The van der Waals surface area contributed by atoms with E-state index in [4.69, 9.17) is 0 Å². The van der Waals surface area contributed by atoms with Gasteiger partial charge in [-0.3, -0.25) is 0 Å². The van der Waals surface area contributed by atoms with Crippen LogP contribution in [-0.2, 0) is 0 Å². The van der Waals surface area contributed by atoms with E-state index in [1.54, 1.807) is 0 Å². The molecule has 3 aromatic heterocycles. The number of rotatable bonds is 4. The average molecular weight is 717 g/mol. The van der Waals surface area contributed by atoms with Gasteiger partial charge >= 0.3 is 0 Å². The first-order valence-corrected chi connectivity index (χ1v) is 19.7. The van der Waals surface area contributed by atoms with Crippen molar-refractivity contribution in [1.29, 1.82) is 0 Å². The highest BCUT2D eigenvalue weighted by Crippen LogP contribution is 2.48. The predicted molar refractivity (Wildman–Crippen MR) is 236 cm³/mol. The second kappa shape index (κ2) is 11.8. The Morgan fingerprint density at radius 1 is 0.364 bits per heavy atom. The summed E-state index contributed by atoms with van der Waals surface area (Å²) in [6.45, 7) is 0. The van der Waals surface area contributed by atoms with Crippen molar-refractivity contribution in [2.45, 2.75) is 0 Å². The molecule has 12 rings (SSSR count). The Labute approximate surface area is 321 Å². The highest BCUT2D eigenvalue weighted by atomic mass is 32.1. The second-order valence-electron chi connectivity index (χ2n) is 14.5. The molecule has 256 valence electrons. The van der Waals surface area contributed by atoms with Crippen molar-refractivity contribution in [2.24, 2.45) is 0 Å². The van der Waals surface area contributed by atoms with Crippen LogP contribution in [0.15, 0.2) is 194 Å². The van der Waals surface area contributed by atoms with Crippen LogP contribution in [0.1, 0.15) is 0 Å². The van der Waals surface area contributed by atoms with Gasteiger partial charge in [-0.1, -0.05) is 140 Å². The fourth-order valence-corrected chi connectivity index (χ4v) is 10.3. The van der Waals surface area contributed by atoms with Crippen molar-refractivity contribution in [1.82, 2.24) is 9.13 Å². The third-order valence-electron chi connectivity index (χ3n) is 11.5. The van der Waals surface area contributed by atoms with Crippen molar-refractivity contribution in [3.8, 4) is 33.6 Å². The van der Waals surface area contributed by atoms with Crippen LogP contribution in [0, 0.1) is 0 Å². The fraction of sp³-hybridized carbons (Fsp3) is 0. The maximum absolute atomic E-state index is 2.53. The molecule has 55 heavy (non-hydrogen) atoms. The molecule has 0 atom stereocenters. The van der Waals surface area contributed by atoms with E-state index in [-0.39, 0.29) is 0 Å². The summed E-state index contributed by atoms with van der Waals surface area (Å²) in [4.78, 5) is 0. The molecule has 0 fully saturated rings. The molecule has 0 bridgehead atoms. The number of hydrogen-bond donors (Lipinski definition) is 0. The summed E-state index contributed by atoms with van der Waals surface area (Å²) in [5.41, 5.74) is 12.2. The molecule has 9 aromatic carbocycles. The smallest absolute Gasteiger partial charge is 0.0634 e. The lowest BCUT2D eigenvalue weighted by Crippen LogP contribution is -1.96. The molecule has 0 saturated carbocycles. The van der Waals surface area contributed by atoms with Gasteiger partial charge in [-0.15, -0.1) is 11.3 Å². The van der Waals surface area contributed by atoms with Gasteiger partial charge in [-0.2, -0.15) is 0 Å². The third-order valence-corrected chi connectivity index (χ3v) is 12.7. The summed E-state index contributed by atoms with van der Waals surface area (Å²) in [5, 5.41) is 10.2. The Bertz CT molecular complexity index is 3470. The summed E-state index contributed by atoms with van der Waals surface area (Å²) < 4.78 is 7.56. The molecule has 0 aliphatic heterocycles. The summed E-state index contributed by atoms with van der Waals surface area (Å²) in [7, 11) is 0. The summed E-state index contributed by atoms with van der Waals surface area (Å²) in [6.07, 6.45) is 0. The number of hydrogen-bond acceptors (Lipinski definition) is 1. The molecule has 3 heteroatoms. The van der Waals surface area contributed by atoms with E-state index in [1.165, 1.54) is 102 Å². The molecular weight excluding hydrogens is 685 g/mol. The molecule has 0 radical (unpaired) electrons. The van der Waals surface area contributed by atoms with Crippen LogP contribution in [0.4, 0.5) is 0 Å². The maximum atomic E-state index is 2.53. The Kier molecular flexibility index (Phi) is 6.54. The Balaban J connectivity index is 1.14. The van der Waals surface area contributed by atoms with Crippen molar-refractivity contribution in [3.05, 3.63) is 194 Å². The van der Waals surface area contributed by atoms with Crippen molar-refractivity contribution in [3.63, 3.8) is 0 Å². The number of nitrogens with zero attached hydrogens (tertiary/aromatic N) is 2. The zero-order chi connectivity index (χ0) is 36.0. The normalized spacial score (nSPS) is 12.0. The highest BCUT2D eigenvalue weighted by Gasteiger charge is 2.23. The van der Waals surface area contributed by atoms with Gasteiger partial charge in [-0.25, -0.2) is 0 Å². The first-order chi connectivity index (χ1) is 27.3. The second-order valence-corrected chi connectivity index (χ2v) is 15.5. The van der Waals surface area contributed by atoms with Crippen LogP contribution in [0.25, 0.3) is 108 Å². The maximum Gasteiger partial charge on any atom is 0.0634 e. The van der Waals surface area contributed by atoms with Gasteiger partial charge in [0.1, 0.15) is 0 Å². The Morgan fingerprint density at radius 2 is 0.964 bits per heavy atom. The Morgan fingerprint density at radius 3 is 1.78 bits per heavy atom. The van der Waals surface area contributed by atoms with E-state index in [9.17, 15) is 0 Å². The monoisotopic (exact) mass is 716 g/mol. The zero-order valence-corrected chi connectivity index (χ0v) is 30.6. The standard InChI is InChI=1S/C52H32N2S/c1-2-13-33(14-3-1)34-25-28-37(29-26-34)53-46-21-9-6-18-39(46)43-31-36(27-30-48(43)53)42-32-44-40-19-7-10-22-47(40)54(45-23-12-16-35-15-4-5-17-38(35)45)51(44)50-41-20-8-11-24-49(41)55-52(42)50/h1-32H. The SMILES string of the molecule is c1ccc(-c2ccc(-n3c4ccccc4c4cc(-c5cc6c7ccccc7n(-c7cccc8ccccc78)c6c6c5sc5ccccc56)ccc43)cc2)cc1. The quantitative estimate of drug-likeness (QED) is 0.172. The molecule has 0 amide bonds. The Hall–Kier alpha value is -6.94. The van der Waals surface area contributed by atoms with Crippen molar-refractivity contribution >= 4 is 85.9 Å². The molecule has 0 aliphatic rings. The van der Waals surface area contributed by atoms with Crippen LogP contribution in [0.5, 0.6) is 0 Å². The lowest BCUT2D eigenvalue weighted by molar-refractivity contribution is 1.18. The van der Waals surface area contributed by atoms with Crippen molar-refractivity contribution in [2.75, 3.05) is 0 Å². The van der Waals surface area contributed by atoms with Crippen molar-refractivity contribution < 1.29 is 0 Å². The largest absolute Gasteiger partial charge is 0.309 e. The van der Waals surface area contributed by atoms with Gasteiger partial charge in [0.25, 0.3) is 0 Å². The summed E-state index contributed by atoms with van der Waals surface area (Å²) in [6, 6.07) is 71.3. The number of fused-ring (bicyclic) bond motifs is 11. The van der Waals surface area contributed by atoms with Crippen LogP contribution in [0.2, 0.25) is 0 Å². The predicted octanol–water partition coefficient (Wildman–Crippen LogP) is 14.7. The molecule has 0 N–H and O–H groups in total. The van der Waals surface area contributed by atoms with E-state index < -0.39 is 0 Å². The first-order valence-electron chi connectivity index (χ1n) is 18.9. The topological polar surface area (TPSA) is 9.86 Å². The molecule has 0 aliphatic carbocycles. The van der Waals surface area contributed by atoms with Crippen LogP contribution >= 0.6 is 11.3 Å². The number of benzene rings is 9. The molecule has 0 saturated heterocycles. The minimum atomic E-state index is 1.16. The minimum absolute atomic E-state index is 1.16. The van der Waals surface area contributed by atoms with Gasteiger partial charge in [-0.05, 0) is 76.7 Å². The van der Waals surface area contributed by atoms with E-state index in [1.807, 2.05) is 11.3 Å². The van der Waals surface area contributed by atoms with E-state index in [0.29, 0.717) is 0 Å². The molecule has 2 nitrogen and oxygen atoms in total. The molecule has 0 spiro atoms. The molecule has 0 unspecified atom stereocenters. The van der Waals surface area contributed by atoms with Gasteiger partial charge in [0.05, 0.1) is 27.8 Å². The van der Waals surface area contributed by atoms with Crippen LogP contribution < -0.4 is 0 Å². The summed E-state index contributed by atoms with van der Waals surface area (Å²) in [5.74, 6) is 0. The van der Waals surface area contributed by atoms with E-state index in [2.05, 4.69) is 203 Å². The minimum Gasteiger partial charge on any atom is -0.309 e. The van der Waals surface area contributed by atoms with E-state index >= 15 is 0 Å². The molecular formula is C52H32N2S. The molecule has 12 aromatic rings. The fourth-order valence-electron chi connectivity index (χ4n) is 9.06. The first kappa shape index (κ1) is 30.5. The van der Waals surface area contributed by atoms with Crippen LogP contribution in [0.3, 0.4) is 0 Å². The van der Waals surface area contributed by atoms with Gasteiger partial charge < -0.3 is 9.13 Å². The molecule has 3 heterocycles. The number of thiophene rings is 1. The average Bonchev–Trinajstić information content (AvgIpc) is 3.91. The number of aromatic nitrogens is 2. The van der Waals surface area contributed by atoms with E-state index in [0.717, 1.165) is 5.69 Å². The summed E-state index contributed by atoms with van der Waals surface area (Å²) >= 11 is 1.91. The number of para-hydroxylation sites is 2. The van der Waals surface area contributed by atoms with Gasteiger partial charge in [0.15, 0.2) is 0 Å². The van der Waals surface area contributed by atoms with Crippen LogP contribution in [-0.4, -0.2) is 9.13 Å². The lowest BCUT2D eigenvalue weighted by Gasteiger charge is -2.13. The zero-order valence-electron chi connectivity index (χ0n) is 29.8. The van der Waals surface area contributed by atoms with Gasteiger partial charge in [0, 0.05) is 58.4 Å². The highest BCUT2D eigenvalue weighted by molar-refractivity contribution is 7.26. The van der Waals surface area contributed by atoms with Gasteiger partial charge in [0.2, 0.25) is 0 Å².